The van der Waals surface area contributed by atoms with Crippen LogP contribution in [-0.2, 0) is 4.74 Å². The average molecular weight is 305 g/mol. The highest BCUT2D eigenvalue weighted by atomic mass is 16.6. The third-order valence-corrected chi connectivity index (χ3v) is 3.69. The van der Waals surface area contributed by atoms with E-state index in [9.17, 15) is 4.79 Å². The first kappa shape index (κ1) is 16.7. The molecule has 1 fully saturated rings. The molecule has 122 valence electrons. The second kappa shape index (κ2) is 7.09. The molecule has 1 aliphatic rings. The van der Waals surface area contributed by atoms with Gasteiger partial charge < -0.3 is 15.0 Å². The number of ether oxygens (including phenoxy) is 1. The van der Waals surface area contributed by atoms with Gasteiger partial charge in [-0.3, -0.25) is 4.98 Å². The zero-order valence-corrected chi connectivity index (χ0v) is 14.0. The van der Waals surface area contributed by atoms with Gasteiger partial charge in [-0.25, -0.2) is 4.79 Å². The highest BCUT2D eigenvalue weighted by Crippen LogP contribution is 2.18. The lowest BCUT2D eigenvalue weighted by molar-refractivity contribution is 0.0183. The van der Waals surface area contributed by atoms with Crippen LogP contribution in [0.15, 0.2) is 24.4 Å². The summed E-state index contributed by atoms with van der Waals surface area (Å²) in [7, 11) is 0. The maximum absolute atomic E-state index is 12.2. The summed E-state index contributed by atoms with van der Waals surface area (Å²) in [5.74, 6) is 0. The summed E-state index contributed by atoms with van der Waals surface area (Å²) in [6.45, 7) is 9.25. The molecule has 1 N–H and O–H groups in total. The quantitative estimate of drug-likeness (QED) is 0.932. The summed E-state index contributed by atoms with van der Waals surface area (Å²) in [5.41, 5.74) is 0.579. The van der Waals surface area contributed by atoms with Gasteiger partial charge in [-0.2, -0.15) is 0 Å². The number of carbonyl (C=O) groups excluding carboxylic acids is 1. The van der Waals surface area contributed by atoms with E-state index in [0.717, 1.165) is 25.1 Å². The maximum atomic E-state index is 12.2. The molecule has 0 spiro atoms. The lowest BCUT2D eigenvalue weighted by Crippen LogP contribution is -2.49. The topological polar surface area (TPSA) is 54.5 Å². The smallest absolute Gasteiger partial charge is 0.410 e. The van der Waals surface area contributed by atoms with Crippen LogP contribution in [0.25, 0.3) is 0 Å². The predicted molar refractivity (Wildman–Crippen MR) is 86.6 cm³/mol. The number of aromatic nitrogens is 1. The molecule has 1 aromatic rings. The Kier molecular flexibility index (Phi) is 5.40. The monoisotopic (exact) mass is 305 g/mol. The molecule has 0 unspecified atom stereocenters. The van der Waals surface area contributed by atoms with Crippen molar-refractivity contribution in [3.8, 4) is 0 Å². The van der Waals surface area contributed by atoms with Gasteiger partial charge in [0.05, 0.1) is 5.69 Å². The molecule has 1 amide bonds. The summed E-state index contributed by atoms with van der Waals surface area (Å²) >= 11 is 0. The number of nitrogens with zero attached hydrogens (tertiary/aromatic N) is 2. The van der Waals surface area contributed by atoms with E-state index >= 15 is 0 Å². The minimum Gasteiger partial charge on any atom is -0.444 e. The van der Waals surface area contributed by atoms with Crippen LogP contribution >= 0.6 is 0 Å². The van der Waals surface area contributed by atoms with Crippen molar-refractivity contribution in [1.29, 1.82) is 0 Å². The molecule has 0 aromatic carbocycles. The van der Waals surface area contributed by atoms with Crippen molar-refractivity contribution in [3.05, 3.63) is 30.1 Å². The van der Waals surface area contributed by atoms with Gasteiger partial charge in [0.2, 0.25) is 0 Å². The van der Waals surface area contributed by atoms with Crippen LogP contribution in [-0.4, -0.2) is 40.7 Å². The molecule has 2 atom stereocenters. The molecule has 0 saturated carbocycles. The van der Waals surface area contributed by atoms with Gasteiger partial charge in [-0.15, -0.1) is 0 Å². The molecular weight excluding hydrogens is 278 g/mol. The van der Waals surface area contributed by atoms with Crippen LogP contribution in [0.3, 0.4) is 0 Å². The lowest BCUT2D eigenvalue weighted by Gasteiger charge is -2.35. The molecule has 2 rings (SSSR count). The molecule has 5 nitrogen and oxygen atoms in total. The van der Waals surface area contributed by atoms with Crippen molar-refractivity contribution in [1.82, 2.24) is 15.2 Å². The summed E-state index contributed by atoms with van der Waals surface area (Å²) in [5, 5.41) is 3.57. The van der Waals surface area contributed by atoms with Crippen molar-refractivity contribution >= 4 is 6.09 Å². The minimum atomic E-state index is -0.446. The Hall–Kier alpha value is -1.62. The Balaban J connectivity index is 1.89. The van der Waals surface area contributed by atoms with Crippen LogP contribution < -0.4 is 5.32 Å². The molecule has 0 radical (unpaired) electrons. The molecule has 2 heterocycles. The fourth-order valence-electron chi connectivity index (χ4n) is 2.68. The number of rotatable bonds is 3. The largest absolute Gasteiger partial charge is 0.444 e. The maximum Gasteiger partial charge on any atom is 0.410 e. The van der Waals surface area contributed by atoms with E-state index in [1.54, 1.807) is 11.1 Å². The number of hydrogen-bond donors (Lipinski definition) is 1. The molecule has 0 bridgehead atoms. The number of pyridine rings is 1. The Labute approximate surface area is 133 Å². The first-order valence-electron chi connectivity index (χ1n) is 8.00. The third-order valence-electron chi connectivity index (χ3n) is 3.69. The van der Waals surface area contributed by atoms with E-state index in [1.165, 1.54) is 0 Å². The molecule has 1 aromatic heterocycles. The van der Waals surface area contributed by atoms with Crippen molar-refractivity contribution in [2.45, 2.75) is 58.2 Å². The first-order chi connectivity index (χ1) is 10.3. The van der Waals surface area contributed by atoms with E-state index in [2.05, 4.69) is 17.2 Å². The van der Waals surface area contributed by atoms with Gasteiger partial charge in [0.1, 0.15) is 5.60 Å². The van der Waals surface area contributed by atoms with E-state index in [-0.39, 0.29) is 18.2 Å². The first-order valence-corrected chi connectivity index (χ1v) is 8.00. The Morgan fingerprint density at radius 3 is 2.86 bits per heavy atom. The second-order valence-electron chi connectivity index (χ2n) is 6.91. The number of carbonyl (C=O) groups is 1. The molecular formula is C17H27N3O2. The summed E-state index contributed by atoms with van der Waals surface area (Å²) in [6.07, 6.45) is 3.65. The van der Waals surface area contributed by atoms with Gasteiger partial charge in [0.25, 0.3) is 0 Å². The zero-order chi connectivity index (χ0) is 16.2. The molecule has 0 aliphatic carbocycles. The fraction of sp³-hybridized carbons (Fsp3) is 0.647. The van der Waals surface area contributed by atoms with E-state index in [0.29, 0.717) is 6.54 Å². The van der Waals surface area contributed by atoms with Crippen LogP contribution in [0.1, 0.15) is 52.3 Å². The van der Waals surface area contributed by atoms with Gasteiger partial charge in [0, 0.05) is 31.4 Å². The fourth-order valence-corrected chi connectivity index (χ4v) is 2.68. The highest BCUT2D eigenvalue weighted by molar-refractivity contribution is 5.68. The minimum absolute atomic E-state index is 0.171. The van der Waals surface area contributed by atoms with E-state index in [4.69, 9.17) is 4.74 Å². The highest BCUT2D eigenvalue weighted by Gasteiger charge is 2.28. The van der Waals surface area contributed by atoms with Crippen LogP contribution in [0.5, 0.6) is 0 Å². The van der Waals surface area contributed by atoms with Gasteiger partial charge in [0.15, 0.2) is 0 Å². The summed E-state index contributed by atoms with van der Waals surface area (Å²) in [4.78, 5) is 18.4. The predicted octanol–water partition coefficient (Wildman–Crippen LogP) is 3.13. The Bertz CT molecular complexity index is 484. The number of likely N-dealkylation sites (tertiary alicyclic amines) is 1. The van der Waals surface area contributed by atoms with E-state index in [1.807, 2.05) is 39.0 Å². The van der Waals surface area contributed by atoms with Gasteiger partial charge >= 0.3 is 6.09 Å². The second-order valence-corrected chi connectivity index (χ2v) is 6.91. The number of hydrogen-bond acceptors (Lipinski definition) is 4. The van der Waals surface area contributed by atoms with Crippen LogP contribution in [0, 0.1) is 0 Å². The van der Waals surface area contributed by atoms with Crippen molar-refractivity contribution < 1.29 is 9.53 Å². The number of amides is 1. The standard InChI is InChI=1S/C17H27N3O2/c1-13(15-9-5-6-10-18-15)19-14-8-7-11-20(12-14)16(21)22-17(2,3)4/h5-6,9-10,13-14,19H,7-8,11-12H2,1-4H3/t13-,14+/m0/s1. The SMILES string of the molecule is C[C@H](N[C@@H]1CCCN(C(=O)OC(C)(C)C)C1)c1ccccn1. The Morgan fingerprint density at radius 2 is 2.23 bits per heavy atom. The third kappa shape index (κ3) is 4.98. The summed E-state index contributed by atoms with van der Waals surface area (Å²) in [6, 6.07) is 6.38. The number of nitrogens with one attached hydrogen (secondary N) is 1. The van der Waals surface area contributed by atoms with Crippen molar-refractivity contribution in [2.75, 3.05) is 13.1 Å². The van der Waals surface area contributed by atoms with Crippen molar-refractivity contribution in [2.24, 2.45) is 0 Å². The Morgan fingerprint density at radius 1 is 1.45 bits per heavy atom. The zero-order valence-electron chi connectivity index (χ0n) is 14.0. The van der Waals surface area contributed by atoms with Crippen LogP contribution in [0.4, 0.5) is 4.79 Å². The van der Waals surface area contributed by atoms with Gasteiger partial charge in [-0.1, -0.05) is 6.07 Å². The molecule has 1 aliphatic heterocycles. The number of piperidine rings is 1. The average Bonchev–Trinajstić information content (AvgIpc) is 2.46. The van der Waals surface area contributed by atoms with Crippen LogP contribution in [0.2, 0.25) is 0 Å². The lowest BCUT2D eigenvalue weighted by atomic mass is 10.0. The molecule has 22 heavy (non-hydrogen) atoms. The molecule has 5 heteroatoms. The normalized spacial score (nSPS) is 20.5. The van der Waals surface area contributed by atoms with Crippen molar-refractivity contribution in [3.63, 3.8) is 0 Å². The summed E-state index contributed by atoms with van der Waals surface area (Å²) < 4.78 is 5.46. The van der Waals surface area contributed by atoms with E-state index < -0.39 is 5.60 Å². The van der Waals surface area contributed by atoms with Gasteiger partial charge in [-0.05, 0) is 52.7 Å². The molecule has 1 saturated heterocycles.